The molecule has 0 saturated carbocycles. The van der Waals surface area contributed by atoms with Gasteiger partial charge in [-0.3, -0.25) is 4.79 Å². The molecule has 5 nitrogen and oxygen atoms in total. The van der Waals surface area contributed by atoms with Crippen molar-refractivity contribution in [2.75, 3.05) is 6.26 Å². The maximum Gasteiger partial charge on any atom is 0.239 e. The Bertz CT molecular complexity index is 955. The van der Waals surface area contributed by atoms with Gasteiger partial charge in [-0.05, 0) is 41.5 Å². The van der Waals surface area contributed by atoms with Gasteiger partial charge < -0.3 is 5.32 Å². The van der Waals surface area contributed by atoms with Gasteiger partial charge in [-0.1, -0.05) is 48.5 Å². The fourth-order valence-electron chi connectivity index (χ4n) is 4.05. The third-order valence-corrected chi connectivity index (χ3v) is 6.62. The molecule has 0 saturated heterocycles. The molecule has 0 fully saturated rings. The number of sulfonamides is 1. The van der Waals surface area contributed by atoms with Gasteiger partial charge in [0, 0.05) is 6.54 Å². The number of rotatable bonds is 3. The molecule has 26 heavy (non-hydrogen) atoms. The van der Waals surface area contributed by atoms with Crippen LogP contribution in [-0.4, -0.2) is 30.9 Å². The number of carbonyl (C=O) groups is 1. The molecule has 2 aromatic carbocycles. The van der Waals surface area contributed by atoms with Crippen LogP contribution < -0.4 is 5.32 Å². The lowest BCUT2D eigenvalue weighted by Gasteiger charge is -2.34. The molecule has 2 aliphatic rings. The number of fused-ring (bicyclic) bond motifs is 2. The average molecular weight is 370 g/mol. The minimum Gasteiger partial charge on any atom is -0.348 e. The summed E-state index contributed by atoms with van der Waals surface area (Å²) in [5.74, 6) is -0.216. The highest BCUT2D eigenvalue weighted by molar-refractivity contribution is 7.88. The van der Waals surface area contributed by atoms with Crippen LogP contribution in [0, 0.1) is 0 Å². The number of nitrogens with zero attached hydrogens (tertiary/aromatic N) is 1. The summed E-state index contributed by atoms with van der Waals surface area (Å²) in [5.41, 5.74) is 4.40. The number of nitrogens with one attached hydrogen (secondary N) is 1. The third kappa shape index (κ3) is 3.15. The summed E-state index contributed by atoms with van der Waals surface area (Å²) in [5, 5.41) is 3.09. The van der Waals surface area contributed by atoms with Gasteiger partial charge in [-0.15, -0.1) is 0 Å². The first-order valence-corrected chi connectivity index (χ1v) is 10.7. The molecule has 1 aliphatic heterocycles. The van der Waals surface area contributed by atoms with Gasteiger partial charge in [0.05, 0.1) is 12.3 Å². The van der Waals surface area contributed by atoms with E-state index in [2.05, 4.69) is 11.4 Å². The van der Waals surface area contributed by atoms with Gasteiger partial charge in [-0.25, -0.2) is 8.42 Å². The second-order valence-corrected chi connectivity index (χ2v) is 9.03. The van der Waals surface area contributed by atoms with Crippen LogP contribution in [0.4, 0.5) is 0 Å². The molecule has 1 amide bonds. The Hall–Kier alpha value is -2.18. The normalized spacial score (nSPS) is 22.5. The molecule has 2 aromatic rings. The molecular weight excluding hydrogens is 348 g/mol. The highest BCUT2D eigenvalue weighted by Crippen LogP contribution is 2.32. The van der Waals surface area contributed by atoms with Crippen LogP contribution in [0.3, 0.4) is 0 Å². The average Bonchev–Trinajstić information content (AvgIpc) is 3.03. The molecule has 1 N–H and O–H groups in total. The number of carbonyl (C=O) groups excluding carboxylic acids is 1. The molecule has 2 atom stereocenters. The standard InChI is InChI=1S/C20H22N2O3S/c1-26(24,25)22-13-16-8-3-2-7-15(16)12-19(22)20(23)21-18-11-10-14-6-4-5-9-17(14)18/h2-9,18-19H,10-13H2,1H3,(H,21,23)/t18-,19+/m1/s1. The van der Waals surface area contributed by atoms with Gasteiger partial charge in [-0.2, -0.15) is 4.31 Å². The van der Waals surface area contributed by atoms with Crippen molar-refractivity contribution in [2.24, 2.45) is 0 Å². The van der Waals surface area contributed by atoms with Crippen LogP contribution in [0.15, 0.2) is 48.5 Å². The van der Waals surface area contributed by atoms with Crippen LogP contribution in [0.2, 0.25) is 0 Å². The third-order valence-electron chi connectivity index (χ3n) is 5.38. The predicted octanol–water partition coefficient (Wildman–Crippen LogP) is 2.18. The lowest BCUT2D eigenvalue weighted by atomic mass is 9.95. The van der Waals surface area contributed by atoms with Gasteiger partial charge in [0.25, 0.3) is 0 Å². The summed E-state index contributed by atoms with van der Waals surface area (Å²) in [6, 6.07) is 15.1. The van der Waals surface area contributed by atoms with Crippen LogP contribution in [0.25, 0.3) is 0 Å². The van der Waals surface area contributed by atoms with Crippen molar-refractivity contribution in [3.05, 3.63) is 70.8 Å². The van der Waals surface area contributed by atoms with E-state index < -0.39 is 16.1 Å². The largest absolute Gasteiger partial charge is 0.348 e. The Balaban J connectivity index is 1.60. The lowest BCUT2D eigenvalue weighted by molar-refractivity contribution is -0.126. The maximum atomic E-state index is 13.0. The Kier molecular flexibility index (Phi) is 4.32. The van der Waals surface area contributed by atoms with E-state index >= 15 is 0 Å². The second-order valence-electron chi connectivity index (χ2n) is 7.10. The summed E-state index contributed by atoms with van der Waals surface area (Å²) in [6.45, 7) is 0.244. The fourth-order valence-corrected chi connectivity index (χ4v) is 5.05. The van der Waals surface area contributed by atoms with Crippen molar-refractivity contribution >= 4 is 15.9 Å². The smallest absolute Gasteiger partial charge is 0.239 e. The SMILES string of the molecule is CS(=O)(=O)N1Cc2ccccc2C[C@H]1C(=O)N[C@@H]1CCc2ccccc21. The van der Waals surface area contributed by atoms with E-state index in [1.54, 1.807) is 0 Å². The highest BCUT2D eigenvalue weighted by atomic mass is 32.2. The molecule has 0 radical (unpaired) electrons. The van der Waals surface area contributed by atoms with Gasteiger partial charge in [0.1, 0.15) is 6.04 Å². The van der Waals surface area contributed by atoms with E-state index in [1.165, 1.54) is 16.1 Å². The first kappa shape index (κ1) is 17.2. The van der Waals surface area contributed by atoms with Gasteiger partial charge in [0.15, 0.2) is 0 Å². The molecule has 4 rings (SSSR count). The number of amides is 1. The molecule has 0 bridgehead atoms. The second kappa shape index (κ2) is 6.52. The minimum atomic E-state index is -3.48. The minimum absolute atomic E-state index is 0.0442. The van der Waals surface area contributed by atoms with Crippen molar-refractivity contribution in [2.45, 2.75) is 37.9 Å². The fraction of sp³-hybridized carbons (Fsp3) is 0.350. The van der Waals surface area contributed by atoms with Gasteiger partial charge in [0.2, 0.25) is 15.9 Å². The molecular formula is C20H22N2O3S. The summed E-state index contributed by atoms with van der Waals surface area (Å²) >= 11 is 0. The Morgan fingerprint density at radius 1 is 1.04 bits per heavy atom. The molecule has 0 unspecified atom stereocenters. The topological polar surface area (TPSA) is 66.5 Å². The number of aryl methyl sites for hydroxylation is 1. The van der Waals surface area contributed by atoms with E-state index in [0.29, 0.717) is 6.42 Å². The zero-order valence-electron chi connectivity index (χ0n) is 14.7. The van der Waals surface area contributed by atoms with Crippen molar-refractivity contribution in [3.8, 4) is 0 Å². The summed E-state index contributed by atoms with van der Waals surface area (Å²) in [7, 11) is -3.48. The van der Waals surface area contributed by atoms with E-state index in [9.17, 15) is 13.2 Å². The Morgan fingerprint density at radius 3 is 2.42 bits per heavy atom. The zero-order valence-corrected chi connectivity index (χ0v) is 15.5. The van der Waals surface area contributed by atoms with Crippen molar-refractivity contribution in [1.82, 2.24) is 9.62 Å². The van der Waals surface area contributed by atoms with Crippen molar-refractivity contribution < 1.29 is 13.2 Å². The number of hydrogen-bond acceptors (Lipinski definition) is 3. The number of hydrogen-bond donors (Lipinski definition) is 1. The quantitative estimate of drug-likeness (QED) is 0.901. The maximum absolute atomic E-state index is 13.0. The molecule has 136 valence electrons. The van der Waals surface area contributed by atoms with Crippen LogP contribution in [0.1, 0.15) is 34.7 Å². The van der Waals surface area contributed by atoms with Gasteiger partial charge >= 0.3 is 0 Å². The summed E-state index contributed by atoms with van der Waals surface area (Å²) in [4.78, 5) is 13.0. The highest BCUT2D eigenvalue weighted by Gasteiger charge is 2.38. The lowest BCUT2D eigenvalue weighted by Crippen LogP contribution is -2.52. The van der Waals surface area contributed by atoms with Crippen molar-refractivity contribution in [3.63, 3.8) is 0 Å². The molecule has 0 spiro atoms. The van der Waals surface area contributed by atoms with Crippen LogP contribution in [0.5, 0.6) is 0 Å². The van der Waals surface area contributed by atoms with Crippen LogP contribution >= 0.6 is 0 Å². The molecule has 6 heteroatoms. The van der Waals surface area contributed by atoms with E-state index in [1.807, 2.05) is 42.5 Å². The molecule has 1 aliphatic carbocycles. The van der Waals surface area contributed by atoms with Crippen molar-refractivity contribution in [1.29, 1.82) is 0 Å². The summed E-state index contributed by atoms with van der Waals surface area (Å²) in [6.07, 6.45) is 3.37. The Labute approximate surface area is 154 Å². The first-order chi connectivity index (χ1) is 12.4. The Morgan fingerprint density at radius 2 is 1.69 bits per heavy atom. The number of benzene rings is 2. The molecule has 1 heterocycles. The zero-order chi connectivity index (χ0) is 18.3. The van der Waals surface area contributed by atoms with Crippen LogP contribution in [-0.2, 0) is 34.2 Å². The van der Waals surface area contributed by atoms with E-state index in [0.717, 1.165) is 29.5 Å². The predicted molar refractivity (Wildman–Crippen MR) is 100.0 cm³/mol. The summed E-state index contributed by atoms with van der Waals surface area (Å²) < 4.78 is 25.9. The van der Waals surface area contributed by atoms with E-state index in [4.69, 9.17) is 0 Å². The van der Waals surface area contributed by atoms with E-state index in [-0.39, 0.29) is 18.5 Å². The molecule has 0 aromatic heterocycles. The monoisotopic (exact) mass is 370 g/mol. The first-order valence-electron chi connectivity index (χ1n) is 8.85.